The molecular formula is C17H17F2NO. The molecule has 0 spiro atoms. The van der Waals surface area contributed by atoms with Crippen molar-refractivity contribution in [3.63, 3.8) is 0 Å². The van der Waals surface area contributed by atoms with Crippen molar-refractivity contribution in [1.82, 2.24) is 0 Å². The molecule has 0 radical (unpaired) electrons. The molecule has 0 fully saturated rings. The lowest BCUT2D eigenvalue weighted by Crippen LogP contribution is -2.25. The molecule has 1 aliphatic heterocycles. The molecule has 1 aliphatic rings. The van der Waals surface area contributed by atoms with Gasteiger partial charge in [0.25, 0.3) is 0 Å². The monoisotopic (exact) mass is 289 g/mol. The minimum absolute atomic E-state index is 0.157. The molecule has 0 bridgehead atoms. The Bertz CT molecular complexity index is 682. The van der Waals surface area contributed by atoms with Crippen molar-refractivity contribution in [3.8, 4) is 5.75 Å². The summed E-state index contributed by atoms with van der Waals surface area (Å²) >= 11 is 0. The lowest BCUT2D eigenvalue weighted by atomic mass is 10.0. The molecule has 2 aromatic carbocycles. The number of ether oxygens (including phenoxy) is 1. The van der Waals surface area contributed by atoms with Gasteiger partial charge in [-0.3, -0.25) is 0 Å². The minimum Gasteiger partial charge on any atom is -0.487 e. The van der Waals surface area contributed by atoms with E-state index in [1.54, 1.807) is 0 Å². The van der Waals surface area contributed by atoms with Crippen LogP contribution in [0.4, 0.5) is 14.5 Å². The molecule has 0 aliphatic carbocycles. The molecule has 4 heteroatoms. The second-order valence-corrected chi connectivity index (χ2v) is 5.92. The number of fused-ring (bicyclic) bond motifs is 1. The van der Waals surface area contributed by atoms with Gasteiger partial charge in [-0.2, -0.15) is 0 Å². The Kier molecular flexibility index (Phi) is 3.32. The smallest absolute Gasteiger partial charge is 0.146 e. The van der Waals surface area contributed by atoms with Gasteiger partial charge in [0.05, 0.1) is 5.69 Å². The van der Waals surface area contributed by atoms with Crippen LogP contribution in [0.3, 0.4) is 0 Å². The van der Waals surface area contributed by atoms with E-state index < -0.39 is 11.6 Å². The van der Waals surface area contributed by atoms with E-state index in [0.717, 1.165) is 41.5 Å². The van der Waals surface area contributed by atoms with Gasteiger partial charge in [0.1, 0.15) is 23.0 Å². The second-order valence-electron chi connectivity index (χ2n) is 5.92. The molecule has 21 heavy (non-hydrogen) atoms. The molecule has 0 saturated carbocycles. The fourth-order valence-corrected chi connectivity index (χ4v) is 2.64. The first-order valence-corrected chi connectivity index (χ1v) is 6.93. The molecule has 3 rings (SSSR count). The lowest BCUT2D eigenvalue weighted by molar-refractivity contribution is 0.137. The summed E-state index contributed by atoms with van der Waals surface area (Å²) in [5, 5.41) is 2.93. The van der Waals surface area contributed by atoms with Gasteiger partial charge in [-0.1, -0.05) is 18.2 Å². The van der Waals surface area contributed by atoms with Crippen molar-refractivity contribution in [2.24, 2.45) is 0 Å². The highest BCUT2D eigenvalue weighted by atomic mass is 19.1. The second kappa shape index (κ2) is 5.02. The summed E-state index contributed by atoms with van der Waals surface area (Å²) in [6.45, 7) is 4.46. The van der Waals surface area contributed by atoms with E-state index in [1.807, 2.05) is 32.0 Å². The van der Waals surface area contributed by atoms with Crippen molar-refractivity contribution < 1.29 is 13.5 Å². The van der Waals surface area contributed by atoms with Gasteiger partial charge in [-0.05, 0) is 37.6 Å². The maximum atomic E-state index is 13.6. The minimum atomic E-state index is -0.467. The SMILES string of the molecule is CC1(C)Cc2cccc(CNc3cc(F)ccc3F)c2O1. The number of benzene rings is 2. The van der Waals surface area contributed by atoms with Crippen LogP contribution in [0.15, 0.2) is 36.4 Å². The van der Waals surface area contributed by atoms with Crippen LogP contribution in [0.25, 0.3) is 0 Å². The number of nitrogens with one attached hydrogen (secondary N) is 1. The van der Waals surface area contributed by atoms with E-state index in [4.69, 9.17) is 4.74 Å². The van der Waals surface area contributed by atoms with Crippen LogP contribution in [0.5, 0.6) is 5.75 Å². The Hall–Kier alpha value is -2.10. The number of hydrogen-bond acceptors (Lipinski definition) is 2. The van der Waals surface area contributed by atoms with Gasteiger partial charge < -0.3 is 10.1 Å². The Balaban J connectivity index is 1.81. The molecule has 0 aromatic heterocycles. The molecular weight excluding hydrogens is 272 g/mol. The third kappa shape index (κ3) is 2.84. The fraction of sp³-hybridized carbons (Fsp3) is 0.294. The highest BCUT2D eigenvalue weighted by Gasteiger charge is 2.31. The third-order valence-corrected chi connectivity index (χ3v) is 3.57. The zero-order valence-electron chi connectivity index (χ0n) is 12.0. The van der Waals surface area contributed by atoms with E-state index in [9.17, 15) is 8.78 Å². The number of rotatable bonds is 3. The number of para-hydroxylation sites is 1. The largest absolute Gasteiger partial charge is 0.487 e. The summed E-state index contributed by atoms with van der Waals surface area (Å²) in [7, 11) is 0. The summed E-state index contributed by atoms with van der Waals surface area (Å²) in [6.07, 6.45) is 0.852. The van der Waals surface area contributed by atoms with E-state index in [1.165, 1.54) is 0 Å². The lowest BCUT2D eigenvalue weighted by Gasteiger charge is -2.18. The average Bonchev–Trinajstić information content (AvgIpc) is 2.74. The van der Waals surface area contributed by atoms with Crippen LogP contribution in [-0.2, 0) is 13.0 Å². The van der Waals surface area contributed by atoms with Crippen molar-refractivity contribution in [2.45, 2.75) is 32.4 Å². The molecule has 0 amide bonds. The van der Waals surface area contributed by atoms with Gasteiger partial charge in [0, 0.05) is 18.5 Å². The zero-order chi connectivity index (χ0) is 15.0. The first-order valence-electron chi connectivity index (χ1n) is 6.93. The molecule has 2 nitrogen and oxygen atoms in total. The third-order valence-electron chi connectivity index (χ3n) is 3.57. The van der Waals surface area contributed by atoms with E-state index in [-0.39, 0.29) is 11.3 Å². The Morgan fingerprint density at radius 2 is 2.00 bits per heavy atom. The summed E-state index contributed by atoms with van der Waals surface area (Å²) in [5.41, 5.74) is 2.04. The van der Waals surface area contributed by atoms with Crippen molar-refractivity contribution in [1.29, 1.82) is 0 Å². The topological polar surface area (TPSA) is 21.3 Å². The predicted molar refractivity (Wildman–Crippen MR) is 78.5 cm³/mol. The van der Waals surface area contributed by atoms with Crippen LogP contribution in [-0.4, -0.2) is 5.60 Å². The average molecular weight is 289 g/mol. The summed E-state index contributed by atoms with van der Waals surface area (Å²) in [6, 6.07) is 9.31. The number of hydrogen-bond donors (Lipinski definition) is 1. The molecule has 1 heterocycles. The zero-order valence-corrected chi connectivity index (χ0v) is 12.0. The maximum absolute atomic E-state index is 13.6. The van der Waals surface area contributed by atoms with Crippen LogP contribution in [0.1, 0.15) is 25.0 Å². The highest BCUT2D eigenvalue weighted by Crippen LogP contribution is 2.37. The van der Waals surface area contributed by atoms with Crippen LogP contribution < -0.4 is 10.1 Å². The van der Waals surface area contributed by atoms with Crippen molar-refractivity contribution in [3.05, 3.63) is 59.2 Å². The highest BCUT2D eigenvalue weighted by molar-refractivity contribution is 5.50. The molecule has 2 aromatic rings. The first kappa shape index (κ1) is 13.9. The quantitative estimate of drug-likeness (QED) is 0.910. The summed E-state index contributed by atoms with van der Waals surface area (Å²) in [5.74, 6) is -0.0772. The van der Waals surface area contributed by atoms with Crippen LogP contribution in [0, 0.1) is 11.6 Å². The number of halogens is 2. The molecule has 1 N–H and O–H groups in total. The molecule has 0 atom stereocenters. The molecule has 0 saturated heterocycles. The Labute approximate surface area is 122 Å². The van der Waals surface area contributed by atoms with E-state index >= 15 is 0 Å². The molecule has 0 unspecified atom stereocenters. The van der Waals surface area contributed by atoms with Gasteiger partial charge in [-0.15, -0.1) is 0 Å². The first-order chi connectivity index (χ1) is 9.94. The van der Waals surface area contributed by atoms with Crippen LogP contribution >= 0.6 is 0 Å². The Morgan fingerprint density at radius 3 is 2.81 bits per heavy atom. The summed E-state index contributed by atoms with van der Waals surface area (Å²) < 4.78 is 32.7. The van der Waals surface area contributed by atoms with Gasteiger partial charge in [-0.25, -0.2) is 8.78 Å². The van der Waals surface area contributed by atoms with Gasteiger partial charge in [0.2, 0.25) is 0 Å². The van der Waals surface area contributed by atoms with Crippen molar-refractivity contribution in [2.75, 3.05) is 5.32 Å². The number of anilines is 1. The predicted octanol–water partition coefficient (Wildman–Crippen LogP) is 4.29. The maximum Gasteiger partial charge on any atom is 0.146 e. The van der Waals surface area contributed by atoms with Crippen molar-refractivity contribution >= 4 is 5.69 Å². The Morgan fingerprint density at radius 1 is 1.19 bits per heavy atom. The normalized spacial score (nSPS) is 15.4. The fourth-order valence-electron chi connectivity index (χ4n) is 2.64. The van der Waals surface area contributed by atoms with E-state index in [0.29, 0.717) is 6.54 Å². The van der Waals surface area contributed by atoms with Gasteiger partial charge >= 0.3 is 0 Å². The standard InChI is InChI=1S/C17H17F2NO/c1-17(2)9-11-4-3-5-12(16(11)21-17)10-20-15-8-13(18)6-7-14(15)19/h3-8,20H,9-10H2,1-2H3. The van der Waals surface area contributed by atoms with E-state index in [2.05, 4.69) is 5.32 Å². The van der Waals surface area contributed by atoms with Crippen LogP contribution in [0.2, 0.25) is 0 Å². The molecule has 110 valence electrons. The summed E-state index contributed by atoms with van der Waals surface area (Å²) in [4.78, 5) is 0. The van der Waals surface area contributed by atoms with Gasteiger partial charge in [0.15, 0.2) is 0 Å².